The van der Waals surface area contributed by atoms with Crippen LogP contribution < -0.4 is 10.2 Å². The molecule has 3 aromatic rings. The molecule has 2 aromatic carbocycles. The molecule has 0 amide bonds. The van der Waals surface area contributed by atoms with E-state index in [0.29, 0.717) is 29.6 Å². The first-order chi connectivity index (χ1) is 12.7. The summed E-state index contributed by atoms with van der Waals surface area (Å²) in [6.07, 6.45) is 1.69. The fourth-order valence-electron chi connectivity index (χ4n) is 2.55. The highest BCUT2D eigenvalue weighted by atomic mass is 16.5. The monoisotopic (exact) mass is 348 g/mol. The maximum absolute atomic E-state index is 11.9. The van der Waals surface area contributed by atoms with Crippen molar-refractivity contribution in [2.75, 3.05) is 24.4 Å². The molecule has 1 N–H and O–H groups in total. The van der Waals surface area contributed by atoms with Crippen LogP contribution in [0.5, 0.6) is 0 Å². The van der Waals surface area contributed by atoms with Gasteiger partial charge in [-0.1, -0.05) is 42.5 Å². The van der Waals surface area contributed by atoms with Gasteiger partial charge in [-0.2, -0.15) is 4.98 Å². The van der Waals surface area contributed by atoms with E-state index in [1.54, 1.807) is 24.4 Å². The van der Waals surface area contributed by atoms with E-state index in [-0.39, 0.29) is 0 Å². The average molecular weight is 348 g/mol. The highest BCUT2D eigenvalue weighted by Gasteiger charge is 2.12. The number of hydrogen-bond acceptors (Lipinski definition) is 6. The number of para-hydroxylation sites is 1. The Kier molecular flexibility index (Phi) is 5.43. The van der Waals surface area contributed by atoms with E-state index in [4.69, 9.17) is 4.74 Å². The van der Waals surface area contributed by atoms with Crippen LogP contribution in [0.15, 0.2) is 66.9 Å². The number of ether oxygens (including phenoxy) is 1. The van der Waals surface area contributed by atoms with Crippen LogP contribution >= 0.6 is 0 Å². The highest BCUT2D eigenvalue weighted by Crippen LogP contribution is 2.21. The number of hydrogen-bond donors (Lipinski definition) is 1. The standard InChI is InChI=1S/C20H20N4O2/c1-24(14-15-8-4-3-5-9-15)20-21-13-12-18(23-20)22-17-11-7-6-10-16(17)19(25)26-2/h3-13H,14H2,1-2H3,(H,21,22,23). The molecule has 0 aliphatic heterocycles. The summed E-state index contributed by atoms with van der Waals surface area (Å²) in [4.78, 5) is 22.7. The van der Waals surface area contributed by atoms with Crippen LogP contribution in [0, 0.1) is 0 Å². The summed E-state index contributed by atoms with van der Waals surface area (Å²) in [6, 6.07) is 19.0. The van der Waals surface area contributed by atoms with Gasteiger partial charge in [-0.25, -0.2) is 9.78 Å². The Bertz CT molecular complexity index is 884. The van der Waals surface area contributed by atoms with Crippen LogP contribution in [0.4, 0.5) is 17.5 Å². The molecule has 0 saturated heterocycles. The van der Waals surface area contributed by atoms with Crippen LogP contribution in [-0.4, -0.2) is 30.1 Å². The zero-order valence-electron chi connectivity index (χ0n) is 14.7. The fourth-order valence-corrected chi connectivity index (χ4v) is 2.55. The second-order valence-corrected chi connectivity index (χ2v) is 5.75. The normalized spacial score (nSPS) is 10.2. The maximum Gasteiger partial charge on any atom is 0.339 e. The zero-order chi connectivity index (χ0) is 18.4. The molecule has 1 aromatic heterocycles. The Balaban J connectivity index is 1.79. The van der Waals surface area contributed by atoms with Gasteiger partial charge in [0.05, 0.1) is 18.4 Å². The molecule has 0 unspecified atom stereocenters. The number of rotatable bonds is 6. The number of nitrogens with zero attached hydrogens (tertiary/aromatic N) is 3. The second-order valence-electron chi connectivity index (χ2n) is 5.75. The molecule has 132 valence electrons. The van der Waals surface area contributed by atoms with E-state index in [2.05, 4.69) is 27.4 Å². The highest BCUT2D eigenvalue weighted by molar-refractivity contribution is 5.96. The Morgan fingerprint density at radius 1 is 1.08 bits per heavy atom. The first kappa shape index (κ1) is 17.4. The zero-order valence-corrected chi connectivity index (χ0v) is 14.7. The van der Waals surface area contributed by atoms with Gasteiger partial charge >= 0.3 is 5.97 Å². The molecule has 0 aliphatic carbocycles. The lowest BCUT2D eigenvalue weighted by atomic mass is 10.2. The van der Waals surface area contributed by atoms with Crippen LogP contribution in [-0.2, 0) is 11.3 Å². The number of methoxy groups -OCH3 is 1. The Morgan fingerprint density at radius 3 is 2.58 bits per heavy atom. The summed E-state index contributed by atoms with van der Waals surface area (Å²) in [5.74, 6) is 0.796. The van der Waals surface area contributed by atoms with Gasteiger partial charge in [-0.3, -0.25) is 0 Å². The third-order valence-corrected chi connectivity index (χ3v) is 3.84. The van der Waals surface area contributed by atoms with E-state index in [9.17, 15) is 4.79 Å². The number of aromatic nitrogens is 2. The summed E-state index contributed by atoms with van der Waals surface area (Å²) in [5, 5.41) is 3.17. The van der Waals surface area contributed by atoms with Crippen LogP contribution in [0.1, 0.15) is 15.9 Å². The molecule has 3 rings (SSSR count). The minimum Gasteiger partial charge on any atom is -0.465 e. The SMILES string of the molecule is COC(=O)c1ccccc1Nc1ccnc(N(C)Cc2ccccc2)n1. The van der Waals surface area contributed by atoms with Crippen molar-refractivity contribution in [1.29, 1.82) is 0 Å². The van der Waals surface area contributed by atoms with E-state index < -0.39 is 5.97 Å². The molecule has 1 heterocycles. The van der Waals surface area contributed by atoms with E-state index in [0.717, 1.165) is 0 Å². The molecule has 26 heavy (non-hydrogen) atoms. The van der Waals surface area contributed by atoms with Gasteiger partial charge in [0.2, 0.25) is 5.95 Å². The predicted molar refractivity (Wildman–Crippen MR) is 102 cm³/mol. The molecule has 6 heteroatoms. The van der Waals surface area contributed by atoms with Crippen molar-refractivity contribution >= 4 is 23.4 Å². The van der Waals surface area contributed by atoms with Gasteiger partial charge in [0.15, 0.2) is 0 Å². The molecule has 0 bridgehead atoms. The van der Waals surface area contributed by atoms with Crippen molar-refractivity contribution in [3.05, 3.63) is 78.0 Å². The molecule has 0 spiro atoms. The first-order valence-electron chi connectivity index (χ1n) is 8.20. The van der Waals surface area contributed by atoms with Crippen LogP contribution in [0.3, 0.4) is 0 Å². The van der Waals surface area contributed by atoms with Crippen molar-refractivity contribution in [3.8, 4) is 0 Å². The molecular weight excluding hydrogens is 328 g/mol. The second kappa shape index (κ2) is 8.11. The minimum atomic E-state index is -0.399. The molecule has 0 atom stereocenters. The van der Waals surface area contributed by atoms with Gasteiger partial charge in [0.1, 0.15) is 5.82 Å². The van der Waals surface area contributed by atoms with Gasteiger partial charge in [-0.05, 0) is 23.8 Å². The summed E-state index contributed by atoms with van der Waals surface area (Å²) in [7, 11) is 3.30. The van der Waals surface area contributed by atoms with Crippen molar-refractivity contribution in [3.63, 3.8) is 0 Å². The molecule has 0 fully saturated rings. The van der Waals surface area contributed by atoms with Crippen LogP contribution in [0.2, 0.25) is 0 Å². The fraction of sp³-hybridized carbons (Fsp3) is 0.150. The van der Waals surface area contributed by atoms with Gasteiger partial charge in [0.25, 0.3) is 0 Å². The average Bonchev–Trinajstić information content (AvgIpc) is 2.69. The predicted octanol–water partition coefficient (Wildman–Crippen LogP) is 3.64. The summed E-state index contributed by atoms with van der Waals surface area (Å²) in [6.45, 7) is 0.697. The lowest BCUT2D eigenvalue weighted by molar-refractivity contribution is 0.0602. The quantitative estimate of drug-likeness (QED) is 0.686. The maximum atomic E-state index is 11.9. The van der Waals surface area contributed by atoms with Gasteiger partial charge in [-0.15, -0.1) is 0 Å². The van der Waals surface area contributed by atoms with E-state index in [1.807, 2.05) is 42.3 Å². The Hall–Kier alpha value is -3.41. The smallest absolute Gasteiger partial charge is 0.339 e. The molecule has 0 saturated carbocycles. The van der Waals surface area contributed by atoms with Crippen LogP contribution in [0.25, 0.3) is 0 Å². The number of benzene rings is 2. The van der Waals surface area contributed by atoms with Gasteiger partial charge in [0, 0.05) is 19.8 Å². The third-order valence-electron chi connectivity index (χ3n) is 3.84. The summed E-state index contributed by atoms with van der Waals surface area (Å²) in [5.41, 5.74) is 2.26. The molecule has 0 aliphatic rings. The van der Waals surface area contributed by atoms with Crippen molar-refractivity contribution in [2.45, 2.75) is 6.54 Å². The lowest BCUT2D eigenvalue weighted by Gasteiger charge is -2.18. The lowest BCUT2D eigenvalue weighted by Crippen LogP contribution is -2.19. The molecular formula is C20H20N4O2. The number of esters is 1. The molecule has 6 nitrogen and oxygen atoms in total. The van der Waals surface area contributed by atoms with E-state index >= 15 is 0 Å². The number of carbonyl (C=O) groups excluding carboxylic acids is 1. The number of nitrogens with one attached hydrogen (secondary N) is 1. The Labute approximate surface area is 152 Å². The van der Waals surface area contributed by atoms with E-state index in [1.165, 1.54) is 12.7 Å². The number of carbonyl (C=O) groups is 1. The van der Waals surface area contributed by atoms with Gasteiger partial charge < -0.3 is 15.0 Å². The molecule has 0 radical (unpaired) electrons. The topological polar surface area (TPSA) is 67.3 Å². The van der Waals surface area contributed by atoms with Crippen molar-refractivity contribution in [2.24, 2.45) is 0 Å². The Morgan fingerprint density at radius 2 is 1.81 bits per heavy atom. The largest absolute Gasteiger partial charge is 0.465 e. The number of anilines is 3. The third kappa shape index (κ3) is 4.16. The minimum absolute atomic E-state index is 0.399. The van der Waals surface area contributed by atoms with Crippen molar-refractivity contribution < 1.29 is 9.53 Å². The summed E-state index contributed by atoms with van der Waals surface area (Å²) < 4.78 is 4.82. The summed E-state index contributed by atoms with van der Waals surface area (Å²) >= 11 is 0. The first-order valence-corrected chi connectivity index (χ1v) is 8.20. The van der Waals surface area contributed by atoms with Crippen molar-refractivity contribution in [1.82, 2.24) is 9.97 Å².